The first kappa shape index (κ1) is 23.0. The van der Waals surface area contributed by atoms with Crippen LogP contribution in [0, 0.1) is 3.57 Å². The van der Waals surface area contributed by atoms with E-state index in [0.29, 0.717) is 26.4 Å². The molecule has 1 aliphatic rings. The van der Waals surface area contributed by atoms with Crippen molar-refractivity contribution in [2.45, 2.75) is 0 Å². The first-order valence-corrected chi connectivity index (χ1v) is 11.5. The zero-order valence-corrected chi connectivity index (χ0v) is 21.2. The van der Waals surface area contributed by atoms with Gasteiger partial charge in [0.15, 0.2) is 22.4 Å². The second-order valence-corrected chi connectivity index (χ2v) is 9.65. The van der Waals surface area contributed by atoms with Crippen LogP contribution in [0.2, 0.25) is 0 Å². The summed E-state index contributed by atoms with van der Waals surface area (Å²) in [4.78, 5) is 26.3. The Bertz CT molecular complexity index is 1040. The molecule has 0 aliphatic carbocycles. The summed E-state index contributed by atoms with van der Waals surface area (Å²) in [5.41, 5.74) is 1.46. The highest BCUT2D eigenvalue weighted by atomic mass is 127. The number of benzene rings is 2. The lowest BCUT2D eigenvalue weighted by molar-refractivity contribution is -0.142. The fraction of sp³-hybridized carbons (Fsp3) is 0.150. The van der Waals surface area contributed by atoms with Crippen LogP contribution in [0.15, 0.2) is 45.8 Å². The molecule has 1 saturated heterocycles. The number of esters is 1. The monoisotopic (exact) mass is 619 g/mol. The van der Waals surface area contributed by atoms with Gasteiger partial charge in [-0.05, 0) is 70.6 Å². The van der Waals surface area contributed by atoms with Crippen molar-refractivity contribution in [3.63, 3.8) is 0 Å². The minimum absolute atomic E-state index is 0.188. The maximum absolute atomic E-state index is 13.0. The number of rotatable bonds is 6. The number of thioether (sulfide) groups is 1. The van der Waals surface area contributed by atoms with Crippen LogP contribution in [-0.2, 0) is 14.3 Å². The van der Waals surface area contributed by atoms with E-state index in [1.165, 1.54) is 30.9 Å². The summed E-state index contributed by atoms with van der Waals surface area (Å²) in [6.45, 7) is -0.228. The summed E-state index contributed by atoms with van der Waals surface area (Å²) in [6.07, 6.45) is 1.76. The number of carbonyl (C=O) groups is 2. The molecule has 1 fully saturated rings. The Morgan fingerprint density at radius 2 is 1.97 bits per heavy atom. The average Bonchev–Trinajstić information content (AvgIpc) is 3.00. The molecule has 0 N–H and O–H groups in total. The maximum Gasteiger partial charge on any atom is 0.343 e. The number of methoxy groups -OCH3 is 2. The molecule has 1 amide bonds. The normalized spacial score (nSPS) is 14.9. The van der Waals surface area contributed by atoms with E-state index < -0.39 is 5.97 Å². The highest BCUT2D eigenvalue weighted by Crippen LogP contribution is 2.39. The molecule has 0 bridgehead atoms. The number of carbonyl (C=O) groups excluding carboxylic acids is 2. The van der Waals surface area contributed by atoms with Gasteiger partial charge in [0.05, 0.1) is 28.4 Å². The number of hydrogen-bond donors (Lipinski definition) is 0. The van der Waals surface area contributed by atoms with Gasteiger partial charge in [0, 0.05) is 4.47 Å². The van der Waals surface area contributed by atoms with Crippen molar-refractivity contribution in [1.29, 1.82) is 0 Å². The quantitative estimate of drug-likeness (QED) is 0.195. The standard InChI is InChI=1S/C20H15BrINO5S2/c1-26-15-8-11(7-14(22)18(15)28-10-17(24)27-2)9-16-19(25)23(20(29)30-16)13-5-3-12(21)4-6-13/h3-9H,10H2,1-2H3/b16-9-. The van der Waals surface area contributed by atoms with Crippen LogP contribution < -0.4 is 14.4 Å². The van der Waals surface area contributed by atoms with Crippen LogP contribution in [0.25, 0.3) is 6.08 Å². The van der Waals surface area contributed by atoms with Gasteiger partial charge in [-0.3, -0.25) is 9.69 Å². The first-order chi connectivity index (χ1) is 14.3. The molecule has 2 aromatic carbocycles. The molecule has 0 aromatic heterocycles. The third-order valence-electron chi connectivity index (χ3n) is 3.99. The summed E-state index contributed by atoms with van der Waals surface area (Å²) in [5, 5.41) is 0. The van der Waals surface area contributed by atoms with E-state index in [1.54, 1.807) is 12.1 Å². The van der Waals surface area contributed by atoms with E-state index in [1.807, 2.05) is 30.3 Å². The SMILES string of the molecule is COC(=O)COc1c(I)cc(/C=C2\SC(=S)N(c3ccc(Br)cc3)C2=O)cc1OC. The predicted octanol–water partition coefficient (Wildman–Crippen LogP) is 5.02. The molecule has 6 nitrogen and oxygen atoms in total. The fourth-order valence-electron chi connectivity index (χ4n) is 2.59. The molecule has 0 saturated carbocycles. The topological polar surface area (TPSA) is 65.1 Å². The molecule has 30 heavy (non-hydrogen) atoms. The lowest BCUT2D eigenvalue weighted by Gasteiger charge is -2.14. The van der Waals surface area contributed by atoms with Gasteiger partial charge in [0.1, 0.15) is 0 Å². The molecule has 3 rings (SSSR count). The molecule has 0 spiro atoms. The number of ether oxygens (including phenoxy) is 3. The summed E-state index contributed by atoms with van der Waals surface area (Å²) in [7, 11) is 2.80. The van der Waals surface area contributed by atoms with Gasteiger partial charge in [-0.25, -0.2) is 4.79 Å². The lowest BCUT2D eigenvalue weighted by Crippen LogP contribution is -2.27. The van der Waals surface area contributed by atoms with Crippen LogP contribution in [0.4, 0.5) is 5.69 Å². The summed E-state index contributed by atoms with van der Waals surface area (Å²) < 4.78 is 17.6. The molecule has 2 aromatic rings. The second-order valence-electron chi connectivity index (χ2n) is 5.89. The first-order valence-electron chi connectivity index (χ1n) is 8.44. The van der Waals surface area contributed by atoms with Crippen molar-refractivity contribution in [3.8, 4) is 11.5 Å². The van der Waals surface area contributed by atoms with Crippen LogP contribution in [0.3, 0.4) is 0 Å². The van der Waals surface area contributed by atoms with Crippen molar-refractivity contribution >= 4 is 90.5 Å². The number of anilines is 1. The van der Waals surface area contributed by atoms with E-state index in [2.05, 4.69) is 43.3 Å². The van der Waals surface area contributed by atoms with Crippen LogP contribution in [0.1, 0.15) is 5.56 Å². The van der Waals surface area contributed by atoms with Crippen LogP contribution in [-0.4, -0.2) is 37.0 Å². The Balaban J connectivity index is 1.88. The smallest absolute Gasteiger partial charge is 0.343 e. The third kappa shape index (κ3) is 5.16. The third-order valence-corrected chi connectivity index (χ3v) is 6.62. The zero-order chi connectivity index (χ0) is 21.8. The Hall–Kier alpha value is -1.63. The summed E-state index contributed by atoms with van der Waals surface area (Å²) in [6, 6.07) is 11.0. The molecule has 156 valence electrons. The van der Waals surface area contributed by atoms with Crippen molar-refractivity contribution in [2.24, 2.45) is 0 Å². The van der Waals surface area contributed by atoms with E-state index in [-0.39, 0.29) is 12.5 Å². The zero-order valence-electron chi connectivity index (χ0n) is 15.8. The number of nitrogens with zero attached hydrogens (tertiary/aromatic N) is 1. The maximum atomic E-state index is 13.0. The number of halogens is 2. The Kier molecular flexibility index (Phi) is 7.77. The second kappa shape index (κ2) is 10.1. The molecular weight excluding hydrogens is 605 g/mol. The van der Waals surface area contributed by atoms with Crippen molar-refractivity contribution in [2.75, 3.05) is 25.7 Å². The molecule has 0 radical (unpaired) electrons. The Labute approximate surface area is 205 Å². The van der Waals surface area contributed by atoms with Gasteiger partial charge < -0.3 is 14.2 Å². The molecular formula is C20H15BrINO5S2. The number of thiocarbonyl (C=S) groups is 1. The molecule has 0 unspecified atom stereocenters. The van der Waals surface area contributed by atoms with Gasteiger partial charge in [-0.1, -0.05) is 39.9 Å². The molecule has 1 aliphatic heterocycles. The minimum Gasteiger partial charge on any atom is -0.493 e. The highest BCUT2D eigenvalue weighted by molar-refractivity contribution is 14.1. The number of amides is 1. The average molecular weight is 620 g/mol. The molecule has 0 atom stereocenters. The van der Waals surface area contributed by atoms with Crippen LogP contribution >= 0.6 is 62.5 Å². The van der Waals surface area contributed by atoms with Crippen LogP contribution in [0.5, 0.6) is 11.5 Å². The van der Waals surface area contributed by atoms with Gasteiger partial charge in [-0.2, -0.15) is 0 Å². The van der Waals surface area contributed by atoms with Gasteiger partial charge in [-0.15, -0.1) is 0 Å². The van der Waals surface area contributed by atoms with E-state index in [4.69, 9.17) is 21.7 Å². The largest absolute Gasteiger partial charge is 0.493 e. The van der Waals surface area contributed by atoms with Crippen molar-refractivity contribution < 1.29 is 23.8 Å². The van der Waals surface area contributed by atoms with Gasteiger partial charge in [0.2, 0.25) is 0 Å². The van der Waals surface area contributed by atoms with E-state index in [9.17, 15) is 9.59 Å². The van der Waals surface area contributed by atoms with Crippen molar-refractivity contribution in [1.82, 2.24) is 0 Å². The summed E-state index contributed by atoms with van der Waals surface area (Å²) in [5.74, 6) is 0.198. The van der Waals surface area contributed by atoms with Gasteiger partial charge >= 0.3 is 5.97 Å². The predicted molar refractivity (Wildman–Crippen MR) is 133 cm³/mol. The van der Waals surface area contributed by atoms with E-state index in [0.717, 1.165) is 13.6 Å². The van der Waals surface area contributed by atoms with Gasteiger partial charge in [0.25, 0.3) is 5.91 Å². The summed E-state index contributed by atoms with van der Waals surface area (Å²) >= 11 is 12.1. The Morgan fingerprint density at radius 3 is 2.60 bits per heavy atom. The van der Waals surface area contributed by atoms with E-state index >= 15 is 0 Å². The fourth-order valence-corrected chi connectivity index (χ4v) is 4.93. The molecule has 10 heteroatoms. The minimum atomic E-state index is -0.492. The van der Waals surface area contributed by atoms with Crippen molar-refractivity contribution in [3.05, 3.63) is 54.9 Å². The highest BCUT2D eigenvalue weighted by Gasteiger charge is 2.33. The molecule has 1 heterocycles. The lowest BCUT2D eigenvalue weighted by atomic mass is 10.1. The Morgan fingerprint density at radius 1 is 1.27 bits per heavy atom. The number of hydrogen-bond acceptors (Lipinski definition) is 7.